The SMILES string of the molecule is O=C(N=C(Cl)Oc1ccccc1)C(Cl)Cl. The van der Waals surface area contributed by atoms with Crippen molar-refractivity contribution in [1.29, 1.82) is 0 Å². The summed E-state index contributed by atoms with van der Waals surface area (Å²) in [4.78, 5) is 13.0. The number of benzene rings is 1. The molecule has 0 atom stereocenters. The van der Waals surface area contributed by atoms with Crippen LogP contribution in [0.5, 0.6) is 5.75 Å². The van der Waals surface area contributed by atoms with Gasteiger partial charge in [0.05, 0.1) is 0 Å². The van der Waals surface area contributed by atoms with Gasteiger partial charge < -0.3 is 4.74 Å². The lowest BCUT2D eigenvalue weighted by atomic mass is 10.3. The zero-order valence-electron chi connectivity index (χ0n) is 7.36. The second kappa shape index (κ2) is 5.95. The molecule has 0 heterocycles. The predicted octanol–water partition coefficient (Wildman–Crippen LogP) is 2.99. The number of ether oxygens (including phenoxy) is 1. The number of para-hydroxylation sites is 1. The molecule has 0 aliphatic rings. The number of carbonyl (C=O) groups excluding carboxylic acids is 1. The smallest absolute Gasteiger partial charge is 0.295 e. The number of rotatable bonds is 2. The van der Waals surface area contributed by atoms with Gasteiger partial charge in [-0.1, -0.05) is 41.4 Å². The summed E-state index contributed by atoms with van der Waals surface area (Å²) in [6.07, 6.45) is 0. The van der Waals surface area contributed by atoms with Crippen molar-refractivity contribution in [3.63, 3.8) is 0 Å². The van der Waals surface area contributed by atoms with E-state index in [2.05, 4.69) is 4.99 Å². The van der Waals surface area contributed by atoms with Crippen molar-refractivity contribution in [3.8, 4) is 5.75 Å². The van der Waals surface area contributed by atoms with Crippen LogP contribution in [-0.4, -0.2) is 16.1 Å². The van der Waals surface area contributed by atoms with Crippen LogP contribution in [-0.2, 0) is 4.79 Å². The number of halogens is 3. The largest absolute Gasteiger partial charge is 0.430 e. The first-order chi connectivity index (χ1) is 7.09. The van der Waals surface area contributed by atoms with Crippen molar-refractivity contribution in [2.24, 2.45) is 4.99 Å². The standard InChI is InChI=1S/C9H6Cl3NO2/c10-7(11)8(14)13-9(12)15-6-4-2-1-3-5-6/h1-5,7H. The second-order valence-electron chi connectivity index (χ2n) is 2.42. The molecule has 0 N–H and O–H groups in total. The first kappa shape index (κ1) is 12.3. The Labute approximate surface area is 102 Å². The average molecular weight is 267 g/mol. The van der Waals surface area contributed by atoms with E-state index in [1.807, 2.05) is 6.07 Å². The molecule has 0 fully saturated rings. The third-order valence-electron chi connectivity index (χ3n) is 1.33. The fourth-order valence-corrected chi connectivity index (χ4v) is 1.01. The maximum absolute atomic E-state index is 10.9. The van der Waals surface area contributed by atoms with Gasteiger partial charge in [-0.2, -0.15) is 4.99 Å². The average Bonchev–Trinajstić information content (AvgIpc) is 2.18. The van der Waals surface area contributed by atoms with E-state index in [1.165, 1.54) is 0 Å². The highest BCUT2D eigenvalue weighted by molar-refractivity contribution is 6.64. The van der Waals surface area contributed by atoms with Crippen molar-refractivity contribution in [1.82, 2.24) is 0 Å². The molecule has 0 saturated heterocycles. The summed E-state index contributed by atoms with van der Waals surface area (Å²) in [5.74, 6) is -0.293. The number of alkyl halides is 2. The first-order valence-electron chi connectivity index (χ1n) is 3.88. The van der Waals surface area contributed by atoms with Crippen molar-refractivity contribution in [2.75, 3.05) is 0 Å². The number of hydrogen-bond acceptors (Lipinski definition) is 2. The van der Waals surface area contributed by atoms with Gasteiger partial charge in [0.25, 0.3) is 11.3 Å². The maximum atomic E-state index is 10.9. The summed E-state index contributed by atoms with van der Waals surface area (Å²) in [5.41, 5.74) is 0. The van der Waals surface area contributed by atoms with E-state index in [4.69, 9.17) is 39.5 Å². The maximum Gasteiger partial charge on any atom is 0.295 e. The minimum Gasteiger partial charge on any atom is -0.430 e. The molecule has 0 aromatic heterocycles. The summed E-state index contributed by atoms with van der Waals surface area (Å²) in [7, 11) is 0. The molecular weight excluding hydrogens is 260 g/mol. The van der Waals surface area contributed by atoms with E-state index in [9.17, 15) is 4.79 Å². The van der Waals surface area contributed by atoms with Crippen LogP contribution in [0.15, 0.2) is 35.3 Å². The van der Waals surface area contributed by atoms with Gasteiger partial charge >= 0.3 is 0 Å². The Morgan fingerprint density at radius 2 is 1.87 bits per heavy atom. The molecule has 0 aliphatic carbocycles. The lowest BCUT2D eigenvalue weighted by Crippen LogP contribution is -2.09. The number of hydrogen-bond donors (Lipinski definition) is 0. The molecule has 0 unspecified atom stereocenters. The molecule has 0 aliphatic heterocycles. The quantitative estimate of drug-likeness (QED) is 0.469. The van der Waals surface area contributed by atoms with Crippen molar-refractivity contribution in [3.05, 3.63) is 30.3 Å². The summed E-state index contributed by atoms with van der Waals surface area (Å²) < 4.78 is 5.01. The van der Waals surface area contributed by atoms with Gasteiger partial charge in [-0.15, -0.1) is 0 Å². The predicted molar refractivity (Wildman–Crippen MR) is 60.9 cm³/mol. The molecule has 1 aromatic carbocycles. The molecular formula is C9H6Cl3NO2. The van der Waals surface area contributed by atoms with Gasteiger partial charge in [-0.3, -0.25) is 4.79 Å². The highest BCUT2D eigenvalue weighted by Crippen LogP contribution is 2.11. The first-order valence-corrected chi connectivity index (χ1v) is 5.14. The molecule has 3 nitrogen and oxygen atoms in total. The van der Waals surface area contributed by atoms with Gasteiger partial charge in [0.15, 0.2) is 4.84 Å². The highest BCUT2D eigenvalue weighted by Gasteiger charge is 2.11. The van der Waals surface area contributed by atoms with E-state index >= 15 is 0 Å². The van der Waals surface area contributed by atoms with Crippen LogP contribution in [0.4, 0.5) is 0 Å². The lowest BCUT2D eigenvalue weighted by molar-refractivity contribution is -0.116. The molecule has 80 valence electrons. The third-order valence-corrected chi connectivity index (χ3v) is 1.87. The Balaban J connectivity index is 2.63. The zero-order valence-corrected chi connectivity index (χ0v) is 9.63. The molecule has 0 bridgehead atoms. The molecule has 1 rings (SSSR count). The minimum absolute atomic E-state index is 0.322. The van der Waals surface area contributed by atoms with Crippen molar-refractivity contribution in [2.45, 2.75) is 4.84 Å². The van der Waals surface area contributed by atoms with Crippen LogP contribution in [0, 0.1) is 0 Å². The third kappa shape index (κ3) is 4.51. The zero-order chi connectivity index (χ0) is 11.3. The highest BCUT2D eigenvalue weighted by atomic mass is 35.5. The second-order valence-corrected chi connectivity index (χ2v) is 3.84. The van der Waals surface area contributed by atoms with Crippen LogP contribution in [0.25, 0.3) is 0 Å². The number of aliphatic imine (C=N–C) groups is 1. The van der Waals surface area contributed by atoms with E-state index in [0.717, 1.165) is 0 Å². The molecule has 0 spiro atoms. The molecule has 1 aromatic rings. The Morgan fingerprint density at radius 3 is 2.40 bits per heavy atom. The Morgan fingerprint density at radius 1 is 1.27 bits per heavy atom. The van der Waals surface area contributed by atoms with Crippen LogP contribution in [0.3, 0.4) is 0 Å². The molecule has 6 heteroatoms. The Kier molecular flexibility index (Phi) is 4.88. The summed E-state index contributed by atoms with van der Waals surface area (Å²) in [5, 5.41) is -0.322. The van der Waals surface area contributed by atoms with E-state index in [0.29, 0.717) is 5.75 Å². The summed E-state index contributed by atoms with van der Waals surface area (Å²) >= 11 is 16.1. The normalized spacial score (nSPS) is 11.6. The Bertz CT molecular complexity index is 365. The summed E-state index contributed by atoms with van der Waals surface area (Å²) in [6, 6.07) is 8.67. The van der Waals surface area contributed by atoms with Crippen LogP contribution < -0.4 is 4.74 Å². The van der Waals surface area contributed by atoms with E-state index in [-0.39, 0.29) is 5.36 Å². The molecule has 0 saturated carbocycles. The molecule has 15 heavy (non-hydrogen) atoms. The van der Waals surface area contributed by atoms with Crippen molar-refractivity contribution < 1.29 is 9.53 Å². The van der Waals surface area contributed by atoms with Gasteiger partial charge in [0.1, 0.15) is 5.75 Å². The van der Waals surface area contributed by atoms with Gasteiger partial charge in [0.2, 0.25) is 0 Å². The van der Waals surface area contributed by atoms with Crippen LogP contribution >= 0.6 is 34.8 Å². The fourth-order valence-electron chi connectivity index (χ4n) is 0.744. The van der Waals surface area contributed by atoms with Crippen molar-refractivity contribution >= 4 is 46.1 Å². The van der Waals surface area contributed by atoms with E-state index < -0.39 is 10.7 Å². The number of carbonyl (C=O) groups is 1. The molecule has 1 amide bonds. The number of amides is 1. The van der Waals surface area contributed by atoms with Crippen LogP contribution in [0.2, 0.25) is 0 Å². The monoisotopic (exact) mass is 265 g/mol. The van der Waals surface area contributed by atoms with Gasteiger partial charge in [-0.05, 0) is 23.7 Å². The van der Waals surface area contributed by atoms with Gasteiger partial charge in [-0.25, -0.2) is 0 Å². The number of nitrogens with zero attached hydrogens (tertiary/aromatic N) is 1. The van der Waals surface area contributed by atoms with E-state index in [1.54, 1.807) is 24.3 Å². The molecule has 0 radical (unpaired) electrons. The lowest BCUT2D eigenvalue weighted by Gasteiger charge is -2.01. The minimum atomic E-state index is -1.24. The van der Waals surface area contributed by atoms with Gasteiger partial charge in [0, 0.05) is 0 Å². The summed E-state index contributed by atoms with van der Waals surface area (Å²) in [6.45, 7) is 0. The topological polar surface area (TPSA) is 38.7 Å². The fraction of sp³-hybridized carbons (Fsp3) is 0.111. The van der Waals surface area contributed by atoms with Crippen LogP contribution in [0.1, 0.15) is 0 Å². The Hall–Kier alpha value is -0.770.